The van der Waals surface area contributed by atoms with Crippen molar-refractivity contribution in [3.05, 3.63) is 35.9 Å². The highest BCUT2D eigenvalue weighted by Crippen LogP contribution is 2.21. The van der Waals surface area contributed by atoms with Crippen LogP contribution < -0.4 is 0 Å². The minimum Gasteiger partial charge on any atom is -0.394 e. The van der Waals surface area contributed by atoms with E-state index in [0.717, 1.165) is 5.56 Å². The first-order valence-electron chi connectivity index (χ1n) is 5.23. The van der Waals surface area contributed by atoms with Crippen molar-refractivity contribution in [3.63, 3.8) is 0 Å². The molecule has 0 radical (unpaired) electrons. The summed E-state index contributed by atoms with van der Waals surface area (Å²) in [5.74, 6) is 0. The molecule has 0 unspecified atom stereocenters. The van der Waals surface area contributed by atoms with E-state index in [2.05, 4.69) is 25.8 Å². The van der Waals surface area contributed by atoms with Crippen molar-refractivity contribution in [2.75, 3.05) is 6.61 Å². The lowest BCUT2D eigenvalue weighted by Gasteiger charge is -2.25. The molecule has 0 aliphatic heterocycles. The second-order valence-electron chi connectivity index (χ2n) is 4.75. The van der Waals surface area contributed by atoms with Gasteiger partial charge in [-0.3, -0.25) is 4.99 Å². The molecule has 0 saturated heterocycles. The molecule has 0 bridgehead atoms. The van der Waals surface area contributed by atoms with Gasteiger partial charge in [-0.15, -0.1) is 0 Å². The van der Waals surface area contributed by atoms with Gasteiger partial charge >= 0.3 is 0 Å². The topological polar surface area (TPSA) is 32.6 Å². The van der Waals surface area contributed by atoms with Gasteiger partial charge in [0.2, 0.25) is 0 Å². The molecule has 2 nitrogen and oxygen atoms in total. The molecule has 0 aliphatic rings. The maximum Gasteiger partial charge on any atom is 0.0778 e. The van der Waals surface area contributed by atoms with Gasteiger partial charge in [-0.05, 0) is 11.0 Å². The van der Waals surface area contributed by atoms with Crippen molar-refractivity contribution in [3.8, 4) is 0 Å². The van der Waals surface area contributed by atoms with E-state index in [0.29, 0.717) is 0 Å². The van der Waals surface area contributed by atoms with Crippen LogP contribution in [0.5, 0.6) is 0 Å². The average Bonchev–Trinajstić information content (AvgIpc) is 2.18. The second kappa shape index (κ2) is 5.08. The molecule has 2 heteroatoms. The van der Waals surface area contributed by atoms with E-state index < -0.39 is 0 Å². The smallest absolute Gasteiger partial charge is 0.0778 e. The summed E-state index contributed by atoms with van der Waals surface area (Å²) in [6.07, 6.45) is 1.83. The summed E-state index contributed by atoms with van der Waals surface area (Å²) in [4.78, 5) is 4.41. The van der Waals surface area contributed by atoms with Crippen LogP contribution in [0.3, 0.4) is 0 Å². The third kappa shape index (κ3) is 3.84. The first-order valence-corrected chi connectivity index (χ1v) is 5.23. The Morgan fingerprint density at radius 3 is 2.33 bits per heavy atom. The zero-order valence-electron chi connectivity index (χ0n) is 9.64. The monoisotopic (exact) mass is 205 g/mol. The fourth-order valence-corrected chi connectivity index (χ4v) is 1.26. The number of rotatable bonds is 3. The van der Waals surface area contributed by atoms with Gasteiger partial charge in [0.05, 0.1) is 12.6 Å². The van der Waals surface area contributed by atoms with Crippen LogP contribution in [0.15, 0.2) is 35.3 Å². The highest BCUT2D eigenvalue weighted by molar-refractivity contribution is 5.79. The second-order valence-corrected chi connectivity index (χ2v) is 4.75. The van der Waals surface area contributed by atoms with Gasteiger partial charge in [-0.1, -0.05) is 51.1 Å². The Balaban J connectivity index is 2.72. The maximum absolute atomic E-state index is 9.23. The van der Waals surface area contributed by atoms with Crippen LogP contribution in [0.25, 0.3) is 0 Å². The number of aliphatic imine (C=N–C) groups is 1. The minimum atomic E-state index is -0.0438. The third-order valence-electron chi connectivity index (χ3n) is 2.38. The Hall–Kier alpha value is -1.15. The number of benzene rings is 1. The Labute approximate surface area is 91.7 Å². The van der Waals surface area contributed by atoms with Crippen molar-refractivity contribution >= 4 is 6.21 Å². The summed E-state index contributed by atoms with van der Waals surface area (Å²) in [6.45, 7) is 6.33. The lowest BCUT2D eigenvalue weighted by Crippen LogP contribution is -2.28. The first kappa shape index (κ1) is 11.9. The molecule has 1 aromatic carbocycles. The highest BCUT2D eigenvalue weighted by Gasteiger charge is 2.22. The summed E-state index contributed by atoms with van der Waals surface area (Å²) in [6, 6.07) is 9.89. The van der Waals surface area contributed by atoms with Crippen molar-refractivity contribution in [2.45, 2.75) is 26.8 Å². The zero-order valence-corrected chi connectivity index (χ0v) is 9.64. The van der Waals surface area contributed by atoms with E-state index >= 15 is 0 Å². The largest absolute Gasteiger partial charge is 0.394 e. The van der Waals surface area contributed by atoms with Crippen molar-refractivity contribution < 1.29 is 5.11 Å². The molecule has 82 valence electrons. The van der Waals surface area contributed by atoms with Crippen molar-refractivity contribution in [2.24, 2.45) is 10.4 Å². The zero-order chi connectivity index (χ0) is 11.3. The number of aliphatic hydroxyl groups excluding tert-OH is 1. The Kier molecular flexibility index (Phi) is 4.04. The molecule has 0 fully saturated rings. The standard InChI is InChI=1S/C13H19NO/c1-13(2,3)12(10-15)14-9-11-7-5-4-6-8-11/h4-9,12,15H,10H2,1-3H3/t12-/m1/s1. The third-order valence-corrected chi connectivity index (χ3v) is 2.38. The lowest BCUT2D eigenvalue weighted by molar-refractivity contribution is 0.191. The van der Waals surface area contributed by atoms with E-state index in [4.69, 9.17) is 0 Å². The number of nitrogens with zero attached hydrogens (tertiary/aromatic N) is 1. The molecular formula is C13H19NO. The van der Waals surface area contributed by atoms with Crippen LogP contribution in [0.1, 0.15) is 26.3 Å². The predicted molar refractivity (Wildman–Crippen MR) is 64.4 cm³/mol. The van der Waals surface area contributed by atoms with Gasteiger partial charge in [0.1, 0.15) is 0 Å². The summed E-state index contributed by atoms with van der Waals surface area (Å²) < 4.78 is 0. The van der Waals surface area contributed by atoms with Crippen LogP contribution in [-0.2, 0) is 0 Å². The van der Waals surface area contributed by atoms with E-state index in [1.807, 2.05) is 36.5 Å². The quantitative estimate of drug-likeness (QED) is 0.756. The van der Waals surface area contributed by atoms with Crippen molar-refractivity contribution in [1.82, 2.24) is 0 Å². The predicted octanol–water partition coefficient (Wildman–Crippen LogP) is 2.51. The molecule has 0 aromatic heterocycles. The van der Waals surface area contributed by atoms with Gasteiger partial charge < -0.3 is 5.11 Å². The summed E-state index contributed by atoms with van der Waals surface area (Å²) in [5.41, 5.74) is 1.07. The van der Waals surface area contributed by atoms with Gasteiger partial charge in [-0.25, -0.2) is 0 Å². The van der Waals surface area contributed by atoms with Crippen molar-refractivity contribution in [1.29, 1.82) is 0 Å². The van der Waals surface area contributed by atoms with Gasteiger partial charge in [0.15, 0.2) is 0 Å². The molecule has 1 N–H and O–H groups in total. The first-order chi connectivity index (χ1) is 7.04. The van der Waals surface area contributed by atoms with Crippen LogP contribution in [-0.4, -0.2) is 24.0 Å². The molecule has 1 rings (SSSR count). The van der Waals surface area contributed by atoms with Gasteiger partial charge in [-0.2, -0.15) is 0 Å². The van der Waals surface area contributed by atoms with Crippen LogP contribution in [0, 0.1) is 5.41 Å². The molecule has 15 heavy (non-hydrogen) atoms. The average molecular weight is 205 g/mol. The Morgan fingerprint density at radius 1 is 1.27 bits per heavy atom. The molecule has 1 aromatic rings. The van der Waals surface area contributed by atoms with Crippen LogP contribution in [0.2, 0.25) is 0 Å². The molecule has 0 aliphatic carbocycles. The summed E-state index contributed by atoms with van der Waals surface area (Å²) in [5, 5.41) is 9.23. The summed E-state index contributed by atoms with van der Waals surface area (Å²) >= 11 is 0. The molecule has 0 saturated carbocycles. The van der Waals surface area contributed by atoms with E-state index in [1.165, 1.54) is 0 Å². The van der Waals surface area contributed by atoms with E-state index in [9.17, 15) is 5.11 Å². The van der Waals surface area contributed by atoms with Crippen LogP contribution >= 0.6 is 0 Å². The normalized spacial score (nSPS) is 14.4. The highest BCUT2D eigenvalue weighted by atomic mass is 16.3. The fraction of sp³-hybridized carbons (Fsp3) is 0.462. The van der Waals surface area contributed by atoms with Gasteiger partial charge in [0.25, 0.3) is 0 Å². The molecule has 0 amide bonds. The molecular weight excluding hydrogens is 186 g/mol. The van der Waals surface area contributed by atoms with Gasteiger partial charge in [0, 0.05) is 6.21 Å². The molecule has 0 spiro atoms. The number of hydrogen-bond donors (Lipinski definition) is 1. The number of hydrogen-bond acceptors (Lipinski definition) is 2. The Bertz CT molecular complexity index is 311. The lowest BCUT2D eigenvalue weighted by atomic mass is 9.88. The SMILES string of the molecule is CC(C)(C)[C@@H](CO)N=Cc1ccccc1. The number of aliphatic hydroxyl groups is 1. The summed E-state index contributed by atoms with van der Waals surface area (Å²) in [7, 11) is 0. The fourth-order valence-electron chi connectivity index (χ4n) is 1.26. The Morgan fingerprint density at radius 2 is 1.87 bits per heavy atom. The van der Waals surface area contributed by atoms with E-state index in [1.54, 1.807) is 0 Å². The van der Waals surface area contributed by atoms with E-state index in [-0.39, 0.29) is 18.1 Å². The van der Waals surface area contributed by atoms with Crippen LogP contribution in [0.4, 0.5) is 0 Å². The molecule has 1 atom stereocenters. The maximum atomic E-state index is 9.23. The minimum absolute atomic E-state index is 0.0000301. The molecule has 0 heterocycles.